The fourth-order valence-corrected chi connectivity index (χ4v) is 3.74. The highest BCUT2D eigenvalue weighted by atomic mass is 31.2. The van der Waals surface area contributed by atoms with Crippen LogP contribution >= 0.6 is 7.82 Å². The lowest BCUT2D eigenvalue weighted by Gasteiger charge is -2.19. The lowest BCUT2D eigenvalue weighted by molar-refractivity contribution is 0.298. The van der Waals surface area contributed by atoms with Crippen molar-refractivity contribution in [2.24, 2.45) is 0 Å². The first-order valence-corrected chi connectivity index (χ1v) is 11.9. The maximum atomic E-state index is 13.3. The quantitative estimate of drug-likeness (QED) is 0.387. The standard InChI is InChI=1S/C21H21O4P.C4H11N/c1-16-4-10-19(11-5-16)23-26(22,24-20-12-6-17(2)7-13-20)25-21-14-8-18(3)9-15-21;1-3-5-4-2/h4-15H,1-3H3;5H,3-4H2,1-2H3. The molecule has 0 bridgehead atoms. The maximum Gasteiger partial charge on any atom is 0.647 e. The Balaban J connectivity index is 0.000000614. The molecule has 0 unspecified atom stereocenters. The van der Waals surface area contributed by atoms with E-state index < -0.39 is 7.82 Å². The molecule has 1 N–H and O–H groups in total. The van der Waals surface area contributed by atoms with Crippen molar-refractivity contribution in [3.8, 4) is 17.2 Å². The summed E-state index contributed by atoms with van der Waals surface area (Å²) in [4.78, 5) is 0. The van der Waals surface area contributed by atoms with Gasteiger partial charge in [-0.1, -0.05) is 66.9 Å². The van der Waals surface area contributed by atoms with Crippen LogP contribution < -0.4 is 18.9 Å². The second kappa shape index (κ2) is 12.2. The molecule has 0 saturated carbocycles. The van der Waals surface area contributed by atoms with Crippen molar-refractivity contribution in [1.29, 1.82) is 0 Å². The van der Waals surface area contributed by atoms with Crippen LogP contribution in [-0.2, 0) is 4.57 Å². The van der Waals surface area contributed by atoms with Gasteiger partial charge in [0, 0.05) is 0 Å². The first-order chi connectivity index (χ1) is 14.8. The largest absolute Gasteiger partial charge is 0.647 e. The van der Waals surface area contributed by atoms with Crippen molar-refractivity contribution < 1.29 is 18.1 Å². The van der Waals surface area contributed by atoms with Gasteiger partial charge in [0.2, 0.25) is 0 Å². The molecule has 0 saturated heterocycles. The third kappa shape index (κ3) is 8.87. The van der Waals surface area contributed by atoms with Crippen LogP contribution in [0.4, 0.5) is 0 Å². The topological polar surface area (TPSA) is 56.8 Å². The fourth-order valence-electron chi connectivity index (χ4n) is 2.49. The van der Waals surface area contributed by atoms with Gasteiger partial charge in [-0.05, 0) is 70.3 Å². The Kier molecular flexibility index (Phi) is 9.64. The average Bonchev–Trinajstić information content (AvgIpc) is 2.74. The van der Waals surface area contributed by atoms with E-state index in [0.29, 0.717) is 17.2 Å². The Hall–Kier alpha value is -2.75. The summed E-state index contributed by atoms with van der Waals surface area (Å²) >= 11 is 0. The summed E-state index contributed by atoms with van der Waals surface area (Å²) < 4.78 is 30.2. The maximum absolute atomic E-state index is 13.3. The number of phosphoric ester groups is 1. The van der Waals surface area contributed by atoms with Crippen LogP contribution in [0, 0.1) is 20.8 Å². The van der Waals surface area contributed by atoms with E-state index >= 15 is 0 Å². The highest BCUT2D eigenvalue weighted by Gasteiger charge is 2.33. The number of rotatable bonds is 8. The summed E-state index contributed by atoms with van der Waals surface area (Å²) in [7, 11) is -3.93. The molecular weight excluding hydrogens is 409 g/mol. The highest BCUT2D eigenvalue weighted by Crippen LogP contribution is 2.49. The third-order valence-corrected chi connectivity index (χ3v) is 5.52. The van der Waals surface area contributed by atoms with Gasteiger partial charge in [0.1, 0.15) is 17.2 Å². The second-order valence-electron chi connectivity index (χ2n) is 7.12. The Morgan fingerprint density at radius 2 is 0.839 bits per heavy atom. The molecule has 0 fully saturated rings. The summed E-state index contributed by atoms with van der Waals surface area (Å²) in [5.74, 6) is 1.24. The smallest absolute Gasteiger partial charge is 0.386 e. The number of aryl methyl sites for hydroxylation is 3. The van der Waals surface area contributed by atoms with E-state index in [1.807, 2.05) is 57.2 Å². The molecular formula is C25H32NO4P. The van der Waals surface area contributed by atoms with Crippen LogP contribution in [0.25, 0.3) is 0 Å². The van der Waals surface area contributed by atoms with Gasteiger partial charge in [-0.25, -0.2) is 0 Å². The van der Waals surface area contributed by atoms with Crippen LogP contribution in [-0.4, -0.2) is 13.1 Å². The van der Waals surface area contributed by atoms with Gasteiger partial charge in [-0.3, -0.25) is 0 Å². The SMILES string of the molecule is CCNCC.Cc1ccc(OP(=O)(Oc2ccc(C)cc2)Oc2ccc(C)cc2)cc1. The molecule has 31 heavy (non-hydrogen) atoms. The molecule has 3 rings (SSSR count). The van der Waals surface area contributed by atoms with Crippen LogP contribution in [0.2, 0.25) is 0 Å². The molecule has 5 nitrogen and oxygen atoms in total. The molecule has 166 valence electrons. The van der Waals surface area contributed by atoms with Crippen molar-refractivity contribution in [3.63, 3.8) is 0 Å². The summed E-state index contributed by atoms with van der Waals surface area (Å²) in [6, 6.07) is 21.6. The van der Waals surface area contributed by atoms with Crippen molar-refractivity contribution in [2.75, 3.05) is 13.1 Å². The predicted molar refractivity (Wildman–Crippen MR) is 127 cm³/mol. The van der Waals surface area contributed by atoms with E-state index in [9.17, 15) is 4.57 Å². The average molecular weight is 442 g/mol. The van der Waals surface area contributed by atoms with E-state index in [4.69, 9.17) is 13.6 Å². The summed E-state index contributed by atoms with van der Waals surface area (Å²) in [5.41, 5.74) is 3.23. The second-order valence-corrected chi connectivity index (χ2v) is 8.56. The van der Waals surface area contributed by atoms with Crippen LogP contribution in [0.15, 0.2) is 72.8 Å². The monoisotopic (exact) mass is 441 g/mol. The van der Waals surface area contributed by atoms with E-state index in [1.54, 1.807) is 36.4 Å². The molecule has 0 radical (unpaired) electrons. The van der Waals surface area contributed by atoms with Crippen LogP contribution in [0.3, 0.4) is 0 Å². The zero-order chi connectivity index (χ0) is 22.7. The number of benzene rings is 3. The lowest BCUT2D eigenvalue weighted by atomic mass is 10.2. The summed E-state index contributed by atoms with van der Waals surface area (Å²) in [6.45, 7) is 12.3. The van der Waals surface area contributed by atoms with Gasteiger partial charge in [-0.2, -0.15) is 4.57 Å². The molecule has 3 aromatic carbocycles. The molecule has 0 aliphatic rings. The van der Waals surface area contributed by atoms with Gasteiger partial charge >= 0.3 is 7.82 Å². The minimum atomic E-state index is -3.93. The van der Waals surface area contributed by atoms with E-state index in [0.717, 1.165) is 29.8 Å². The first-order valence-electron chi connectivity index (χ1n) is 10.4. The highest BCUT2D eigenvalue weighted by molar-refractivity contribution is 7.49. The van der Waals surface area contributed by atoms with Gasteiger partial charge in [0.05, 0.1) is 0 Å². The van der Waals surface area contributed by atoms with E-state index in [1.165, 1.54) is 0 Å². The van der Waals surface area contributed by atoms with E-state index in [-0.39, 0.29) is 0 Å². The molecule has 0 aliphatic carbocycles. The third-order valence-electron chi connectivity index (χ3n) is 4.21. The van der Waals surface area contributed by atoms with Crippen LogP contribution in [0.1, 0.15) is 30.5 Å². The molecule has 0 aliphatic heterocycles. The molecule has 0 aromatic heterocycles. The number of hydrogen-bond acceptors (Lipinski definition) is 5. The molecule has 0 heterocycles. The van der Waals surface area contributed by atoms with Gasteiger partial charge in [0.15, 0.2) is 0 Å². The number of phosphoric acid groups is 1. The van der Waals surface area contributed by atoms with Gasteiger partial charge in [0.25, 0.3) is 0 Å². The minimum absolute atomic E-state index is 0.415. The van der Waals surface area contributed by atoms with Crippen molar-refractivity contribution in [1.82, 2.24) is 5.32 Å². The molecule has 6 heteroatoms. The van der Waals surface area contributed by atoms with Crippen molar-refractivity contribution in [2.45, 2.75) is 34.6 Å². The Labute approximate surface area is 186 Å². The Bertz CT molecular complexity index is 830. The molecule has 3 aromatic rings. The van der Waals surface area contributed by atoms with Crippen molar-refractivity contribution >= 4 is 7.82 Å². The van der Waals surface area contributed by atoms with Gasteiger partial charge in [-0.15, -0.1) is 0 Å². The molecule has 0 atom stereocenters. The first kappa shape index (κ1) is 24.5. The Morgan fingerprint density at radius 3 is 1.03 bits per heavy atom. The minimum Gasteiger partial charge on any atom is -0.386 e. The predicted octanol–water partition coefficient (Wildman–Crippen LogP) is 6.87. The summed E-state index contributed by atoms with van der Waals surface area (Å²) in [5, 5.41) is 3.11. The fraction of sp³-hybridized carbons (Fsp3) is 0.280. The Morgan fingerprint density at radius 1 is 0.581 bits per heavy atom. The van der Waals surface area contributed by atoms with E-state index in [2.05, 4.69) is 19.2 Å². The van der Waals surface area contributed by atoms with Crippen molar-refractivity contribution in [3.05, 3.63) is 89.5 Å². The normalized spacial score (nSPS) is 10.6. The molecule has 0 spiro atoms. The summed E-state index contributed by atoms with van der Waals surface area (Å²) in [6.07, 6.45) is 0. The zero-order valence-corrected chi connectivity index (χ0v) is 19.8. The van der Waals surface area contributed by atoms with Crippen LogP contribution in [0.5, 0.6) is 17.2 Å². The molecule has 0 amide bonds. The number of hydrogen-bond donors (Lipinski definition) is 1. The number of nitrogens with one attached hydrogen (secondary N) is 1. The zero-order valence-electron chi connectivity index (χ0n) is 18.9. The van der Waals surface area contributed by atoms with Gasteiger partial charge < -0.3 is 18.9 Å². The lowest BCUT2D eigenvalue weighted by Crippen LogP contribution is -2.09.